The van der Waals surface area contributed by atoms with E-state index in [0.29, 0.717) is 19.6 Å². The second kappa shape index (κ2) is 8.59. The lowest BCUT2D eigenvalue weighted by Crippen LogP contribution is -2.63. The lowest BCUT2D eigenvalue weighted by atomic mass is 10.1. The molecule has 0 aliphatic carbocycles. The van der Waals surface area contributed by atoms with Crippen LogP contribution < -0.4 is 10.6 Å². The monoisotopic (exact) mass is 449 g/mol. The summed E-state index contributed by atoms with van der Waals surface area (Å²) < 4.78 is 7.35. The van der Waals surface area contributed by atoms with Crippen LogP contribution in [0.5, 0.6) is 0 Å². The summed E-state index contributed by atoms with van der Waals surface area (Å²) >= 11 is 0. The number of hydrogen-bond acceptors (Lipinski definition) is 3. The summed E-state index contributed by atoms with van der Waals surface area (Å²) in [6.07, 6.45) is 3.81. The first-order chi connectivity index (χ1) is 10.8. The fourth-order valence-corrected chi connectivity index (χ4v) is 2.28. The maximum absolute atomic E-state index is 11.9. The molecule has 1 aromatic heterocycles. The molecule has 1 fully saturated rings. The van der Waals surface area contributed by atoms with Crippen LogP contribution in [0.25, 0.3) is 0 Å². The Balaban J connectivity index is 0.00000288. The van der Waals surface area contributed by atoms with Gasteiger partial charge in [-0.3, -0.25) is 4.99 Å². The Morgan fingerprint density at radius 1 is 1.42 bits per heavy atom. The van der Waals surface area contributed by atoms with Crippen LogP contribution in [-0.4, -0.2) is 53.3 Å². The fourth-order valence-electron chi connectivity index (χ4n) is 2.28. The first kappa shape index (κ1) is 20.6. The third-order valence-corrected chi connectivity index (χ3v) is 3.45. The molecular formula is C16H28IN5O2. The van der Waals surface area contributed by atoms with Gasteiger partial charge in [0.15, 0.2) is 5.96 Å². The van der Waals surface area contributed by atoms with E-state index in [4.69, 9.17) is 4.74 Å². The van der Waals surface area contributed by atoms with E-state index in [2.05, 4.69) is 27.9 Å². The van der Waals surface area contributed by atoms with E-state index < -0.39 is 5.60 Å². The highest BCUT2D eigenvalue weighted by Crippen LogP contribution is 2.15. The third kappa shape index (κ3) is 6.21. The molecule has 0 spiro atoms. The minimum Gasteiger partial charge on any atom is -0.444 e. The molecule has 136 valence electrons. The van der Waals surface area contributed by atoms with Crippen LogP contribution >= 0.6 is 24.0 Å². The number of aryl methyl sites for hydroxylation is 1. The zero-order valence-corrected chi connectivity index (χ0v) is 17.3. The van der Waals surface area contributed by atoms with Crippen molar-refractivity contribution in [2.24, 2.45) is 12.0 Å². The standard InChI is InChI=1S/C16H27N5O2.HI/c1-16(2,3)23-15(22)21-10-13(11-21)19-14(17-4)18-8-12-6-7-20(5)9-12;/h6-7,9,13H,8,10-11H2,1-5H3,(H2,17,18,19);1H. The molecule has 1 aliphatic rings. The molecule has 2 heterocycles. The fraction of sp³-hybridized carbons (Fsp3) is 0.625. The zero-order valence-electron chi connectivity index (χ0n) is 15.0. The largest absolute Gasteiger partial charge is 0.444 e. The van der Waals surface area contributed by atoms with Gasteiger partial charge in [-0.25, -0.2) is 4.79 Å². The first-order valence-electron chi connectivity index (χ1n) is 7.83. The number of ether oxygens (including phenoxy) is 1. The highest BCUT2D eigenvalue weighted by molar-refractivity contribution is 14.0. The number of guanidine groups is 1. The van der Waals surface area contributed by atoms with Gasteiger partial charge in [-0.15, -0.1) is 24.0 Å². The van der Waals surface area contributed by atoms with Gasteiger partial charge in [0.25, 0.3) is 0 Å². The minimum atomic E-state index is -0.455. The number of halogens is 1. The molecule has 1 amide bonds. The van der Waals surface area contributed by atoms with Crippen LogP contribution in [0, 0.1) is 0 Å². The predicted octanol–water partition coefficient (Wildman–Crippen LogP) is 1.93. The molecule has 2 N–H and O–H groups in total. The van der Waals surface area contributed by atoms with Crippen molar-refractivity contribution in [3.63, 3.8) is 0 Å². The van der Waals surface area contributed by atoms with Crippen molar-refractivity contribution < 1.29 is 9.53 Å². The Morgan fingerprint density at radius 2 is 2.08 bits per heavy atom. The van der Waals surface area contributed by atoms with E-state index in [1.165, 1.54) is 5.56 Å². The van der Waals surface area contributed by atoms with Gasteiger partial charge >= 0.3 is 6.09 Å². The molecule has 0 aromatic carbocycles. The molecule has 1 aliphatic heterocycles. The maximum Gasteiger partial charge on any atom is 0.410 e. The molecule has 0 bridgehead atoms. The smallest absolute Gasteiger partial charge is 0.410 e. The Morgan fingerprint density at radius 3 is 2.58 bits per heavy atom. The van der Waals surface area contributed by atoms with Gasteiger partial charge in [0.1, 0.15) is 5.60 Å². The van der Waals surface area contributed by atoms with E-state index in [9.17, 15) is 4.79 Å². The van der Waals surface area contributed by atoms with Crippen molar-refractivity contribution in [1.29, 1.82) is 0 Å². The number of carbonyl (C=O) groups is 1. The van der Waals surface area contributed by atoms with Crippen molar-refractivity contribution >= 4 is 36.0 Å². The van der Waals surface area contributed by atoms with Gasteiger partial charge in [0.05, 0.1) is 6.04 Å². The Kier molecular flexibility index (Phi) is 7.37. The maximum atomic E-state index is 11.9. The van der Waals surface area contributed by atoms with Gasteiger partial charge in [0, 0.05) is 46.1 Å². The van der Waals surface area contributed by atoms with Gasteiger partial charge < -0.3 is 24.8 Å². The predicted molar refractivity (Wildman–Crippen MR) is 106 cm³/mol. The van der Waals surface area contributed by atoms with Crippen LogP contribution in [0.2, 0.25) is 0 Å². The zero-order chi connectivity index (χ0) is 17.0. The summed E-state index contributed by atoms with van der Waals surface area (Å²) in [4.78, 5) is 17.8. The third-order valence-electron chi connectivity index (χ3n) is 3.45. The number of aliphatic imine (C=N–C) groups is 1. The lowest BCUT2D eigenvalue weighted by Gasteiger charge is -2.40. The van der Waals surface area contributed by atoms with E-state index >= 15 is 0 Å². The Bertz CT molecular complexity index is 573. The van der Waals surface area contributed by atoms with E-state index in [-0.39, 0.29) is 36.1 Å². The van der Waals surface area contributed by atoms with E-state index in [1.54, 1.807) is 11.9 Å². The number of amides is 1. The molecule has 1 aromatic rings. The first-order valence-corrected chi connectivity index (χ1v) is 7.83. The molecule has 24 heavy (non-hydrogen) atoms. The molecule has 0 radical (unpaired) electrons. The summed E-state index contributed by atoms with van der Waals surface area (Å²) in [6, 6.07) is 2.26. The normalized spacial score (nSPS) is 15.4. The molecule has 2 rings (SSSR count). The molecule has 0 atom stereocenters. The average molecular weight is 449 g/mol. The highest BCUT2D eigenvalue weighted by atomic mass is 127. The Hall–Kier alpha value is -1.45. The van der Waals surface area contributed by atoms with Crippen molar-refractivity contribution in [3.05, 3.63) is 24.0 Å². The summed E-state index contributed by atoms with van der Waals surface area (Å²) in [6.45, 7) is 7.58. The molecular weight excluding hydrogens is 421 g/mol. The highest BCUT2D eigenvalue weighted by Gasteiger charge is 2.34. The molecule has 0 saturated carbocycles. The van der Waals surface area contributed by atoms with Crippen LogP contribution in [0.15, 0.2) is 23.5 Å². The van der Waals surface area contributed by atoms with Gasteiger partial charge in [-0.2, -0.15) is 0 Å². The van der Waals surface area contributed by atoms with Crippen molar-refractivity contribution in [1.82, 2.24) is 20.1 Å². The topological polar surface area (TPSA) is 70.9 Å². The minimum absolute atomic E-state index is 0. The number of rotatable bonds is 3. The van der Waals surface area contributed by atoms with Gasteiger partial charge in [0.2, 0.25) is 0 Å². The molecule has 1 saturated heterocycles. The summed E-state index contributed by atoms with van der Waals surface area (Å²) in [5.41, 5.74) is 0.738. The van der Waals surface area contributed by atoms with E-state index in [0.717, 1.165) is 5.96 Å². The lowest BCUT2D eigenvalue weighted by molar-refractivity contribution is 0.00701. The summed E-state index contributed by atoms with van der Waals surface area (Å²) in [5.74, 6) is 0.739. The van der Waals surface area contributed by atoms with Crippen LogP contribution in [0.3, 0.4) is 0 Å². The van der Waals surface area contributed by atoms with Crippen LogP contribution in [-0.2, 0) is 18.3 Å². The molecule has 0 unspecified atom stereocenters. The van der Waals surface area contributed by atoms with Crippen molar-refractivity contribution in [3.8, 4) is 0 Å². The van der Waals surface area contributed by atoms with Crippen LogP contribution in [0.1, 0.15) is 26.3 Å². The van der Waals surface area contributed by atoms with Crippen LogP contribution in [0.4, 0.5) is 4.79 Å². The number of nitrogens with one attached hydrogen (secondary N) is 2. The number of carbonyl (C=O) groups excluding carboxylic acids is 1. The van der Waals surface area contributed by atoms with Crippen molar-refractivity contribution in [2.75, 3.05) is 20.1 Å². The molecule has 7 nitrogen and oxygen atoms in total. The second-order valence-electron chi connectivity index (χ2n) is 6.84. The second-order valence-corrected chi connectivity index (χ2v) is 6.84. The average Bonchev–Trinajstić information content (AvgIpc) is 2.80. The number of hydrogen-bond donors (Lipinski definition) is 2. The summed E-state index contributed by atoms with van der Waals surface area (Å²) in [7, 11) is 3.74. The van der Waals surface area contributed by atoms with E-state index in [1.807, 2.05) is 38.6 Å². The number of likely N-dealkylation sites (tertiary alicyclic amines) is 1. The number of nitrogens with zero attached hydrogens (tertiary/aromatic N) is 3. The quantitative estimate of drug-likeness (QED) is 0.421. The van der Waals surface area contributed by atoms with Gasteiger partial charge in [-0.1, -0.05) is 0 Å². The molecule has 8 heteroatoms. The summed E-state index contributed by atoms with van der Waals surface area (Å²) in [5, 5.41) is 6.58. The van der Waals surface area contributed by atoms with Crippen molar-refractivity contribution in [2.45, 2.75) is 39.0 Å². The van der Waals surface area contributed by atoms with Gasteiger partial charge in [-0.05, 0) is 32.4 Å². The SMILES string of the molecule is CN=C(NCc1ccn(C)c1)NC1CN(C(=O)OC(C)(C)C)C1.I. The number of aromatic nitrogens is 1. The Labute approximate surface area is 160 Å².